The lowest BCUT2D eigenvalue weighted by atomic mass is 10.0. The van der Waals surface area contributed by atoms with Gasteiger partial charge in [-0.3, -0.25) is 4.79 Å². The lowest BCUT2D eigenvalue weighted by molar-refractivity contribution is -0.139. The molecule has 1 amide bonds. The average molecular weight is 373 g/mol. The van der Waals surface area contributed by atoms with E-state index in [-0.39, 0.29) is 17.5 Å². The van der Waals surface area contributed by atoms with Gasteiger partial charge in [0.1, 0.15) is 6.04 Å². The molecule has 0 radical (unpaired) electrons. The summed E-state index contributed by atoms with van der Waals surface area (Å²) in [7, 11) is 0. The van der Waals surface area contributed by atoms with Crippen LogP contribution >= 0.6 is 0 Å². The maximum absolute atomic E-state index is 13.2. The highest BCUT2D eigenvalue weighted by Gasteiger charge is 2.30. The molecule has 0 aliphatic carbocycles. The van der Waals surface area contributed by atoms with Crippen molar-refractivity contribution in [3.05, 3.63) is 70.8 Å². The van der Waals surface area contributed by atoms with E-state index in [4.69, 9.17) is 0 Å². The number of aliphatic carboxylic acids is 1. The molecule has 0 heterocycles. The number of carboxylic acid groups (broad SMARTS) is 1. The summed E-state index contributed by atoms with van der Waals surface area (Å²) in [5.74, 6) is -4.82. The van der Waals surface area contributed by atoms with Crippen molar-refractivity contribution in [2.75, 3.05) is 0 Å². The number of halogens is 5. The van der Waals surface area contributed by atoms with Gasteiger partial charge in [0.2, 0.25) is 0 Å². The summed E-state index contributed by atoms with van der Waals surface area (Å²) in [4.78, 5) is 23.3. The standard InChI is InChI=1S/C17H12F5NO3/c18-12-6-3-10(8-13(12)19)15(24)23-14(16(25)26)7-9-1-4-11(5-2-9)17(20,21)22/h1-6,8,14H,7H2,(H,23,24)(H,25,26)/t14-/m1/s1. The largest absolute Gasteiger partial charge is 0.480 e. The molecule has 2 rings (SSSR count). The third-order valence-corrected chi connectivity index (χ3v) is 3.51. The fourth-order valence-electron chi connectivity index (χ4n) is 2.14. The molecule has 2 aromatic rings. The summed E-state index contributed by atoms with van der Waals surface area (Å²) in [5.41, 5.74) is -0.933. The van der Waals surface area contributed by atoms with Gasteiger partial charge >= 0.3 is 12.1 Å². The minimum atomic E-state index is -4.52. The molecule has 0 unspecified atom stereocenters. The molecule has 0 bridgehead atoms. The van der Waals surface area contributed by atoms with Gasteiger partial charge in [-0.1, -0.05) is 12.1 Å². The number of carbonyl (C=O) groups excluding carboxylic acids is 1. The Labute approximate surface area is 144 Å². The van der Waals surface area contributed by atoms with Crippen LogP contribution in [0.4, 0.5) is 22.0 Å². The monoisotopic (exact) mass is 373 g/mol. The minimum absolute atomic E-state index is 0.246. The normalized spacial score (nSPS) is 12.5. The number of hydrogen-bond donors (Lipinski definition) is 2. The smallest absolute Gasteiger partial charge is 0.416 e. The number of alkyl halides is 3. The Balaban J connectivity index is 2.12. The molecule has 0 aromatic heterocycles. The Kier molecular flexibility index (Phi) is 5.59. The Hall–Kier alpha value is -2.97. The second-order valence-corrected chi connectivity index (χ2v) is 5.39. The Morgan fingerprint density at radius 2 is 1.62 bits per heavy atom. The van der Waals surface area contributed by atoms with Gasteiger partial charge in [0, 0.05) is 12.0 Å². The van der Waals surface area contributed by atoms with Crippen LogP contribution in [0, 0.1) is 11.6 Å². The summed E-state index contributed by atoms with van der Waals surface area (Å²) >= 11 is 0. The zero-order valence-electron chi connectivity index (χ0n) is 13.0. The van der Waals surface area contributed by atoms with Crippen molar-refractivity contribution in [1.29, 1.82) is 0 Å². The van der Waals surface area contributed by atoms with Crippen molar-refractivity contribution < 1.29 is 36.6 Å². The zero-order valence-corrected chi connectivity index (χ0v) is 13.0. The van der Waals surface area contributed by atoms with Gasteiger partial charge in [0.15, 0.2) is 11.6 Å². The molecule has 0 aliphatic rings. The zero-order chi connectivity index (χ0) is 19.5. The van der Waals surface area contributed by atoms with E-state index in [1.54, 1.807) is 0 Å². The highest BCUT2D eigenvalue weighted by Crippen LogP contribution is 2.29. The molecule has 26 heavy (non-hydrogen) atoms. The van der Waals surface area contributed by atoms with Gasteiger partial charge in [-0.25, -0.2) is 13.6 Å². The van der Waals surface area contributed by atoms with Crippen LogP contribution in [0.2, 0.25) is 0 Å². The van der Waals surface area contributed by atoms with Crippen molar-refractivity contribution >= 4 is 11.9 Å². The first-order valence-corrected chi connectivity index (χ1v) is 7.23. The highest BCUT2D eigenvalue weighted by atomic mass is 19.4. The predicted molar refractivity (Wildman–Crippen MR) is 80.4 cm³/mol. The molecule has 2 aromatic carbocycles. The van der Waals surface area contributed by atoms with Crippen molar-refractivity contribution in [3.63, 3.8) is 0 Å². The first kappa shape index (κ1) is 19.4. The van der Waals surface area contributed by atoms with Gasteiger partial charge in [-0.15, -0.1) is 0 Å². The SMILES string of the molecule is O=C(N[C@H](Cc1ccc(C(F)(F)F)cc1)C(=O)O)c1ccc(F)c(F)c1. The number of hydrogen-bond acceptors (Lipinski definition) is 2. The van der Waals surface area contributed by atoms with Crippen LogP contribution in [0.25, 0.3) is 0 Å². The molecule has 0 spiro atoms. The van der Waals surface area contributed by atoms with E-state index in [0.29, 0.717) is 6.07 Å². The van der Waals surface area contributed by atoms with Crippen LogP contribution in [-0.2, 0) is 17.4 Å². The number of amides is 1. The van der Waals surface area contributed by atoms with Crippen molar-refractivity contribution in [2.24, 2.45) is 0 Å². The third kappa shape index (κ3) is 4.78. The summed E-state index contributed by atoms with van der Waals surface area (Å²) in [6, 6.07) is 4.64. The fraction of sp³-hybridized carbons (Fsp3) is 0.176. The van der Waals surface area contributed by atoms with Crippen LogP contribution in [0.1, 0.15) is 21.5 Å². The first-order chi connectivity index (χ1) is 12.1. The van der Waals surface area contributed by atoms with Gasteiger partial charge in [-0.05, 0) is 35.9 Å². The first-order valence-electron chi connectivity index (χ1n) is 7.23. The van der Waals surface area contributed by atoms with Gasteiger partial charge < -0.3 is 10.4 Å². The molecular weight excluding hydrogens is 361 g/mol. The quantitative estimate of drug-likeness (QED) is 0.790. The molecule has 0 fully saturated rings. The lowest BCUT2D eigenvalue weighted by Crippen LogP contribution is -2.42. The predicted octanol–water partition coefficient (Wildman–Crippen LogP) is 3.41. The van der Waals surface area contributed by atoms with E-state index in [1.807, 2.05) is 0 Å². The molecule has 0 saturated heterocycles. The molecule has 0 saturated carbocycles. The lowest BCUT2D eigenvalue weighted by Gasteiger charge is -2.15. The molecule has 4 nitrogen and oxygen atoms in total. The summed E-state index contributed by atoms with van der Waals surface area (Å²) in [6.07, 6.45) is -4.81. The van der Waals surface area contributed by atoms with Crippen LogP contribution in [0.5, 0.6) is 0 Å². The number of carbonyl (C=O) groups is 2. The van der Waals surface area contributed by atoms with Gasteiger partial charge in [-0.2, -0.15) is 13.2 Å². The second kappa shape index (κ2) is 7.51. The van der Waals surface area contributed by atoms with Crippen molar-refractivity contribution in [1.82, 2.24) is 5.32 Å². The molecule has 9 heteroatoms. The fourth-order valence-corrected chi connectivity index (χ4v) is 2.14. The summed E-state index contributed by atoms with van der Waals surface area (Å²) in [6.45, 7) is 0. The molecule has 0 aliphatic heterocycles. The number of carboxylic acids is 1. The highest BCUT2D eigenvalue weighted by molar-refractivity contribution is 5.96. The summed E-state index contributed by atoms with van der Waals surface area (Å²) in [5, 5.41) is 11.3. The minimum Gasteiger partial charge on any atom is -0.480 e. The second-order valence-electron chi connectivity index (χ2n) is 5.39. The average Bonchev–Trinajstić information content (AvgIpc) is 2.56. The van der Waals surface area contributed by atoms with E-state index >= 15 is 0 Å². The molecule has 1 atom stereocenters. The maximum atomic E-state index is 13.2. The Morgan fingerprint density at radius 3 is 2.12 bits per heavy atom. The molecular formula is C17H12F5NO3. The van der Waals surface area contributed by atoms with E-state index < -0.39 is 41.3 Å². The van der Waals surface area contributed by atoms with Crippen molar-refractivity contribution in [3.8, 4) is 0 Å². The molecule has 138 valence electrons. The van der Waals surface area contributed by atoms with Crippen LogP contribution in [0.3, 0.4) is 0 Å². The number of benzene rings is 2. The van der Waals surface area contributed by atoms with E-state index in [9.17, 15) is 36.6 Å². The maximum Gasteiger partial charge on any atom is 0.416 e. The Morgan fingerprint density at radius 1 is 1.00 bits per heavy atom. The van der Waals surface area contributed by atoms with Gasteiger partial charge in [0.05, 0.1) is 5.56 Å². The Bertz CT molecular complexity index is 818. The number of nitrogens with one attached hydrogen (secondary N) is 1. The third-order valence-electron chi connectivity index (χ3n) is 3.51. The van der Waals surface area contributed by atoms with Crippen LogP contribution in [0.15, 0.2) is 42.5 Å². The van der Waals surface area contributed by atoms with E-state index in [2.05, 4.69) is 5.32 Å². The van der Waals surface area contributed by atoms with Gasteiger partial charge in [0.25, 0.3) is 5.91 Å². The van der Waals surface area contributed by atoms with Crippen LogP contribution in [-0.4, -0.2) is 23.0 Å². The van der Waals surface area contributed by atoms with E-state index in [0.717, 1.165) is 36.4 Å². The topological polar surface area (TPSA) is 66.4 Å². The number of rotatable bonds is 5. The molecule has 2 N–H and O–H groups in total. The van der Waals surface area contributed by atoms with Crippen molar-refractivity contribution in [2.45, 2.75) is 18.6 Å². The van der Waals surface area contributed by atoms with E-state index in [1.165, 1.54) is 0 Å². The summed E-state index contributed by atoms with van der Waals surface area (Å²) < 4.78 is 63.6. The van der Waals surface area contributed by atoms with Crippen LogP contribution < -0.4 is 5.32 Å².